The maximum Gasteiger partial charge on any atom is 0.262 e. The molecule has 3 rings (SSSR count). The van der Waals surface area contributed by atoms with E-state index < -0.39 is 0 Å². The predicted molar refractivity (Wildman–Crippen MR) is 115 cm³/mol. The first-order chi connectivity index (χ1) is 13.6. The van der Waals surface area contributed by atoms with Crippen LogP contribution in [0.1, 0.15) is 11.1 Å². The van der Waals surface area contributed by atoms with Crippen LogP contribution in [0.25, 0.3) is 0 Å². The number of hydrogen-bond acceptors (Lipinski definition) is 3. The van der Waals surface area contributed by atoms with Crippen LogP contribution >= 0.6 is 15.9 Å². The van der Waals surface area contributed by atoms with Gasteiger partial charge < -0.3 is 14.8 Å². The standard InChI is InChI=1S/C23H22BrNO3/c1-17-14-19(24)10-11-22(17)28-16-23(26)25-20-8-5-9-21(15-20)27-13-12-18-6-3-2-4-7-18/h2-11,14-15H,12-13,16H2,1H3,(H,25,26). The molecule has 0 heterocycles. The number of carbonyl (C=O) groups excluding carboxylic acids is 1. The number of carbonyl (C=O) groups is 1. The lowest BCUT2D eigenvalue weighted by Gasteiger charge is -2.11. The van der Waals surface area contributed by atoms with Gasteiger partial charge in [-0.15, -0.1) is 0 Å². The molecule has 0 atom stereocenters. The lowest BCUT2D eigenvalue weighted by atomic mass is 10.2. The molecule has 4 nitrogen and oxygen atoms in total. The molecule has 1 N–H and O–H groups in total. The number of halogens is 1. The zero-order valence-corrected chi connectivity index (χ0v) is 17.2. The summed E-state index contributed by atoms with van der Waals surface area (Å²) in [7, 11) is 0. The number of nitrogens with one attached hydrogen (secondary N) is 1. The van der Waals surface area contributed by atoms with E-state index in [2.05, 4.69) is 33.4 Å². The highest BCUT2D eigenvalue weighted by Gasteiger charge is 2.07. The van der Waals surface area contributed by atoms with Crippen molar-refractivity contribution in [3.8, 4) is 11.5 Å². The summed E-state index contributed by atoms with van der Waals surface area (Å²) in [5, 5.41) is 2.84. The van der Waals surface area contributed by atoms with E-state index >= 15 is 0 Å². The summed E-state index contributed by atoms with van der Waals surface area (Å²) in [6.07, 6.45) is 0.831. The molecule has 144 valence electrons. The van der Waals surface area contributed by atoms with Gasteiger partial charge in [-0.1, -0.05) is 52.3 Å². The first-order valence-corrected chi connectivity index (χ1v) is 9.85. The van der Waals surface area contributed by atoms with Gasteiger partial charge >= 0.3 is 0 Å². The molecule has 0 spiro atoms. The van der Waals surface area contributed by atoms with E-state index in [9.17, 15) is 4.79 Å². The first-order valence-electron chi connectivity index (χ1n) is 9.06. The third-order valence-electron chi connectivity index (χ3n) is 4.12. The quantitative estimate of drug-likeness (QED) is 0.511. The Labute approximate surface area is 173 Å². The average molecular weight is 440 g/mol. The molecule has 3 aromatic carbocycles. The van der Waals surface area contributed by atoms with E-state index in [4.69, 9.17) is 9.47 Å². The molecule has 0 radical (unpaired) electrons. The largest absolute Gasteiger partial charge is 0.493 e. The number of amides is 1. The normalized spacial score (nSPS) is 10.4. The maximum atomic E-state index is 12.2. The number of ether oxygens (including phenoxy) is 2. The van der Waals surface area contributed by atoms with Crippen LogP contribution in [0.3, 0.4) is 0 Å². The maximum absolute atomic E-state index is 12.2. The highest BCUT2D eigenvalue weighted by Crippen LogP contribution is 2.22. The number of aryl methyl sites for hydroxylation is 1. The van der Waals surface area contributed by atoms with E-state index in [1.165, 1.54) is 5.56 Å². The molecule has 0 aliphatic rings. The molecule has 0 fully saturated rings. The highest BCUT2D eigenvalue weighted by molar-refractivity contribution is 9.10. The fourth-order valence-electron chi connectivity index (χ4n) is 2.71. The Morgan fingerprint density at radius 1 is 0.964 bits per heavy atom. The van der Waals surface area contributed by atoms with Crippen molar-refractivity contribution in [1.82, 2.24) is 0 Å². The van der Waals surface area contributed by atoms with Gasteiger partial charge in [0.05, 0.1) is 6.61 Å². The third kappa shape index (κ3) is 6.13. The second-order valence-corrected chi connectivity index (χ2v) is 7.27. The lowest BCUT2D eigenvalue weighted by Crippen LogP contribution is -2.20. The van der Waals surface area contributed by atoms with Crippen LogP contribution < -0.4 is 14.8 Å². The van der Waals surface area contributed by atoms with Crippen LogP contribution in [-0.2, 0) is 11.2 Å². The second-order valence-electron chi connectivity index (χ2n) is 6.36. The molecule has 0 saturated carbocycles. The smallest absolute Gasteiger partial charge is 0.262 e. The van der Waals surface area contributed by atoms with Crippen molar-refractivity contribution in [2.24, 2.45) is 0 Å². The summed E-state index contributed by atoms with van der Waals surface area (Å²) in [5.41, 5.74) is 2.88. The molecule has 28 heavy (non-hydrogen) atoms. The fourth-order valence-corrected chi connectivity index (χ4v) is 3.19. The summed E-state index contributed by atoms with van der Waals surface area (Å²) in [6, 6.07) is 23.2. The van der Waals surface area contributed by atoms with Gasteiger partial charge in [-0.25, -0.2) is 0 Å². The highest BCUT2D eigenvalue weighted by atomic mass is 79.9. The zero-order valence-electron chi connectivity index (χ0n) is 15.7. The lowest BCUT2D eigenvalue weighted by molar-refractivity contribution is -0.118. The molecule has 3 aromatic rings. The molecule has 0 saturated heterocycles. The van der Waals surface area contributed by atoms with Crippen molar-refractivity contribution in [3.63, 3.8) is 0 Å². The topological polar surface area (TPSA) is 47.6 Å². The summed E-state index contributed by atoms with van der Waals surface area (Å²) >= 11 is 3.41. The van der Waals surface area contributed by atoms with E-state index in [-0.39, 0.29) is 12.5 Å². The van der Waals surface area contributed by atoms with Crippen LogP contribution in [0.2, 0.25) is 0 Å². The average Bonchev–Trinajstić information content (AvgIpc) is 2.68. The minimum absolute atomic E-state index is 0.0540. The number of anilines is 1. The summed E-state index contributed by atoms with van der Waals surface area (Å²) in [5.74, 6) is 1.19. The van der Waals surface area contributed by atoms with Crippen molar-refractivity contribution >= 4 is 27.5 Å². The van der Waals surface area contributed by atoms with Gasteiger partial charge in [-0.05, 0) is 48.4 Å². The Balaban J connectivity index is 1.48. The van der Waals surface area contributed by atoms with Crippen molar-refractivity contribution in [1.29, 1.82) is 0 Å². The van der Waals surface area contributed by atoms with Gasteiger partial charge in [0.2, 0.25) is 0 Å². The van der Waals surface area contributed by atoms with Gasteiger partial charge in [-0.2, -0.15) is 0 Å². The van der Waals surface area contributed by atoms with Crippen LogP contribution in [0.5, 0.6) is 11.5 Å². The Hall–Kier alpha value is -2.79. The summed E-state index contributed by atoms with van der Waals surface area (Å²) in [4.78, 5) is 12.2. The Morgan fingerprint density at radius 2 is 1.79 bits per heavy atom. The van der Waals surface area contributed by atoms with Gasteiger partial charge in [0.1, 0.15) is 11.5 Å². The molecule has 0 aliphatic heterocycles. The van der Waals surface area contributed by atoms with Gasteiger partial charge in [0.25, 0.3) is 5.91 Å². The van der Waals surface area contributed by atoms with E-state index in [1.54, 1.807) is 0 Å². The van der Waals surface area contributed by atoms with Crippen molar-refractivity contribution < 1.29 is 14.3 Å². The molecule has 0 bridgehead atoms. The Kier molecular flexibility index (Phi) is 7.09. The first kappa shape index (κ1) is 20.0. The van der Waals surface area contributed by atoms with Gasteiger partial charge in [-0.3, -0.25) is 4.79 Å². The van der Waals surface area contributed by atoms with Gasteiger partial charge in [0.15, 0.2) is 6.61 Å². The second kappa shape index (κ2) is 9.95. The van der Waals surface area contributed by atoms with E-state index in [1.807, 2.05) is 67.6 Å². The summed E-state index contributed by atoms with van der Waals surface area (Å²) < 4.78 is 12.4. The fraction of sp³-hybridized carbons (Fsp3) is 0.174. The molecule has 0 unspecified atom stereocenters. The third-order valence-corrected chi connectivity index (χ3v) is 4.61. The predicted octanol–water partition coefficient (Wildman–Crippen LogP) is 5.40. The minimum atomic E-state index is -0.219. The van der Waals surface area contributed by atoms with Crippen molar-refractivity contribution in [2.45, 2.75) is 13.3 Å². The number of hydrogen-bond donors (Lipinski definition) is 1. The number of rotatable bonds is 8. The van der Waals surface area contributed by atoms with Gasteiger partial charge in [0, 0.05) is 22.6 Å². The molecule has 0 aromatic heterocycles. The van der Waals surface area contributed by atoms with Crippen LogP contribution in [0.15, 0.2) is 77.3 Å². The number of benzene rings is 3. The van der Waals surface area contributed by atoms with Crippen molar-refractivity contribution in [3.05, 3.63) is 88.4 Å². The van der Waals surface area contributed by atoms with Crippen molar-refractivity contribution in [2.75, 3.05) is 18.5 Å². The van der Waals surface area contributed by atoms with Crippen LogP contribution in [0, 0.1) is 6.92 Å². The van der Waals surface area contributed by atoms with E-state index in [0.29, 0.717) is 18.0 Å². The minimum Gasteiger partial charge on any atom is -0.493 e. The van der Waals surface area contributed by atoms with Crippen LogP contribution in [0.4, 0.5) is 5.69 Å². The molecular weight excluding hydrogens is 418 g/mol. The van der Waals surface area contributed by atoms with Crippen LogP contribution in [-0.4, -0.2) is 19.1 Å². The molecular formula is C23H22BrNO3. The van der Waals surface area contributed by atoms with E-state index in [0.717, 1.165) is 22.2 Å². The SMILES string of the molecule is Cc1cc(Br)ccc1OCC(=O)Nc1cccc(OCCc2ccccc2)c1. The summed E-state index contributed by atoms with van der Waals surface area (Å²) in [6.45, 7) is 2.46. The Bertz CT molecular complexity index is 928. The molecule has 5 heteroatoms. The molecule has 1 amide bonds. The molecule has 0 aliphatic carbocycles. The Morgan fingerprint density at radius 3 is 2.57 bits per heavy atom. The monoisotopic (exact) mass is 439 g/mol. The zero-order chi connectivity index (χ0) is 19.8.